The summed E-state index contributed by atoms with van der Waals surface area (Å²) < 4.78 is 38.1. The van der Waals surface area contributed by atoms with Gasteiger partial charge in [-0.25, -0.2) is 4.98 Å². The van der Waals surface area contributed by atoms with E-state index in [1.807, 2.05) is 4.90 Å². The second-order valence-corrected chi connectivity index (χ2v) is 7.54. The maximum atomic E-state index is 12.7. The molecular weight excluding hydrogens is 367 g/mol. The van der Waals surface area contributed by atoms with Crippen molar-refractivity contribution in [1.29, 1.82) is 0 Å². The lowest BCUT2D eigenvalue weighted by Crippen LogP contribution is -2.46. The maximum Gasteiger partial charge on any atom is 0.417 e. The van der Waals surface area contributed by atoms with Gasteiger partial charge in [0.1, 0.15) is 5.82 Å². The topological polar surface area (TPSA) is 45.2 Å². The van der Waals surface area contributed by atoms with E-state index in [0.29, 0.717) is 18.9 Å². The molecule has 1 N–H and O–H groups in total. The van der Waals surface area contributed by atoms with Gasteiger partial charge in [-0.3, -0.25) is 4.79 Å². The molecule has 0 bridgehead atoms. The fourth-order valence-electron chi connectivity index (χ4n) is 3.74. The zero-order valence-corrected chi connectivity index (χ0v) is 15.2. The highest BCUT2D eigenvalue weighted by Gasteiger charge is 2.32. The summed E-state index contributed by atoms with van der Waals surface area (Å²) in [6.07, 6.45) is 3.22. The fourth-order valence-corrected chi connectivity index (χ4v) is 4.02. The minimum Gasteiger partial charge on any atom is -0.355 e. The van der Waals surface area contributed by atoms with Crippen LogP contribution in [0.3, 0.4) is 0 Å². The minimum atomic E-state index is -4.45. The molecule has 8 heteroatoms. The molecule has 1 saturated heterocycles. The number of pyridine rings is 1. The molecule has 4 nitrogen and oxygen atoms in total. The molecule has 144 valence electrons. The Labute approximate surface area is 156 Å². The molecule has 2 heterocycles. The number of carbonyl (C=O) groups is 1. The quantitative estimate of drug-likeness (QED) is 0.832. The number of halogens is 4. The molecule has 0 unspecified atom stereocenters. The summed E-state index contributed by atoms with van der Waals surface area (Å²) in [5, 5.41) is 3.14. The van der Waals surface area contributed by atoms with E-state index in [9.17, 15) is 18.0 Å². The first-order valence-electron chi connectivity index (χ1n) is 9.12. The average Bonchev–Trinajstić information content (AvgIpc) is 2.62. The van der Waals surface area contributed by atoms with Crippen molar-refractivity contribution in [2.24, 2.45) is 5.92 Å². The monoisotopic (exact) mass is 389 g/mol. The molecule has 1 aliphatic carbocycles. The van der Waals surface area contributed by atoms with Crippen molar-refractivity contribution in [3.63, 3.8) is 0 Å². The van der Waals surface area contributed by atoms with Crippen LogP contribution in [0.1, 0.15) is 50.5 Å². The first kappa shape index (κ1) is 19.3. The van der Waals surface area contributed by atoms with Crippen LogP contribution in [0.2, 0.25) is 5.02 Å². The summed E-state index contributed by atoms with van der Waals surface area (Å²) in [5.41, 5.74) is -0.846. The molecule has 1 aliphatic heterocycles. The van der Waals surface area contributed by atoms with Crippen molar-refractivity contribution in [2.45, 2.75) is 57.2 Å². The van der Waals surface area contributed by atoms with Crippen LogP contribution >= 0.6 is 11.6 Å². The number of hydrogen-bond acceptors (Lipinski definition) is 3. The molecule has 1 amide bonds. The Morgan fingerprint density at radius 2 is 1.81 bits per heavy atom. The fraction of sp³-hybridized carbons (Fsp3) is 0.667. The number of piperidine rings is 1. The van der Waals surface area contributed by atoms with Gasteiger partial charge in [0.25, 0.3) is 0 Å². The van der Waals surface area contributed by atoms with Gasteiger partial charge in [-0.1, -0.05) is 30.9 Å². The third kappa shape index (κ3) is 4.61. The van der Waals surface area contributed by atoms with Crippen LogP contribution in [0.15, 0.2) is 12.3 Å². The highest BCUT2D eigenvalue weighted by Crippen LogP contribution is 2.34. The molecule has 2 fully saturated rings. The molecule has 1 saturated carbocycles. The van der Waals surface area contributed by atoms with E-state index in [1.54, 1.807) is 0 Å². The Morgan fingerprint density at radius 3 is 2.38 bits per heavy atom. The van der Waals surface area contributed by atoms with Crippen molar-refractivity contribution in [1.82, 2.24) is 10.3 Å². The number of hydrogen-bond donors (Lipinski definition) is 1. The molecule has 0 radical (unpaired) electrons. The van der Waals surface area contributed by atoms with E-state index in [-0.39, 0.29) is 22.9 Å². The Balaban J connectivity index is 1.54. The SMILES string of the molecule is O=C(NC1CCN(c2ncc(C(F)(F)F)cc2Cl)CC1)C1CCCCC1. The van der Waals surface area contributed by atoms with Crippen LogP contribution in [0.4, 0.5) is 19.0 Å². The van der Waals surface area contributed by atoms with Crippen LogP contribution in [0, 0.1) is 5.92 Å². The lowest BCUT2D eigenvalue weighted by atomic mass is 9.88. The lowest BCUT2D eigenvalue weighted by molar-refractivity contribution is -0.137. The molecule has 0 spiro atoms. The van der Waals surface area contributed by atoms with E-state index in [1.165, 1.54) is 6.42 Å². The maximum absolute atomic E-state index is 12.7. The Bertz CT molecular complexity index is 639. The number of amides is 1. The van der Waals surface area contributed by atoms with Crippen molar-refractivity contribution in [2.75, 3.05) is 18.0 Å². The van der Waals surface area contributed by atoms with Gasteiger partial charge < -0.3 is 10.2 Å². The first-order valence-corrected chi connectivity index (χ1v) is 9.50. The van der Waals surface area contributed by atoms with E-state index >= 15 is 0 Å². The van der Waals surface area contributed by atoms with E-state index in [0.717, 1.165) is 50.8 Å². The molecular formula is C18H23ClF3N3O. The van der Waals surface area contributed by atoms with Gasteiger partial charge in [-0.05, 0) is 31.7 Å². The summed E-state index contributed by atoms with van der Waals surface area (Å²) >= 11 is 6.02. The third-order valence-electron chi connectivity index (χ3n) is 5.27. The Morgan fingerprint density at radius 1 is 1.15 bits per heavy atom. The minimum absolute atomic E-state index is 0.00418. The summed E-state index contributed by atoms with van der Waals surface area (Å²) in [6.45, 7) is 1.21. The molecule has 3 rings (SSSR count). The highest BCUT2D eigenvalue weighted by atomic mass is 35.5. The zero-order chi connectivity index (χ0) is 18.7. The number of rotatable bonds is 3. The summed E-state index contributed by atoms with van der Waals surface area (Å²) in [7, 11) is 0. The Hall–Kier alpha value is -1.50. The largest absolute Gasteiger partial charge is 0.417 e. The number of nitrogens with zero attached hydrogens (tertiary/aromatic N) is 2. The highest BCUT2D eigenvalue weighted by molar-refractivity contribution is 6.33. The van der Waals surface area contributed by atoms with Gasteiger partial charge in [0.05, 0.1) is 10.6 Å². The molecule has 1 aromatic rings. The standard InChI is InChI=1S/C18H23ClF3N3O/c19-15-10-13(18(20,21)22)11-23-16(15)25-8-6-14(7-9-25)24-17(26)12-4-2-1-3-5-12/h10-12,14H,1-9H2,(H,24,26). The van der Waals surface area contributed by atoms with Crippen LogP contribution in [0.5, 0.6) is 0 Å². The average molecular weight is 390 g/mol. The van der Waals surface area contributed by atoms with Crippen molar-refractivity contribution < 1.29 is 18.0 Å². The number of aromatic nitrogens is 1. The summed E-state index contributed by atoms with van der Waals surface area (Å²) in [4.78, 5) is 18.1. The predicted molar refractivity (Wildman–Crippen MR) is 94.2 cm³/mol. The number of carbonyl (C=O) groups excluding carboxylic acids is 1. The van der Waals surface area contributed by atoms with Crippen LogP contribution in [0.25, 0.3) is 0 Å². The van der Waals surface area contributed by atoms with Crippen LogP contribution in [-0.2, 0) is 11.0 Å². The molecule has 1 aromatic heterocycles. The van der Waals surface area contributed by atoms with Crippen molar-refractivity contribution >= 4 is 23.3 Å². The second kappa shape index (κ2) is 8.03. The van der Waals surface area contributed by atoms with E-state index < -0.39 is 11.7 Å². The van der Waals surface area contributed by atoms with Gasteiger partial charge in [0, 0.05) is 31.2 Å². The van der Waals surface area contributed by atoms with E-state index in [2.05, 4.69) is 10.3 Å². The number of alkyl halides is 3. The first-order chi connectivity index (χ1) is 12.3. The Kier molecular flexibility index (Phi) is 5.95. The molecule has 0 aromatic carbocycles. The van der Waals surface area contributed by atoms with Gasteiger partial charge in [0.15, 0.2) is 0 Å². The zero-order valence-electron chi connectivity index (χ0n) is 14.5. The van der Waals surface area contributed by atoms with Gasteiger partial charge >= 0.3 is 6.18 Å². The van der Waals surface area contributed by atoms with Crippen LogP contribution in [-0.4, -0.2) is 30.0 Å². The van der Waals surface area contributed by atoms with Crippen LogP contribution < -0.4 is 10.2 Å². The number of nitrogens with one attached hydrogen (secondary N) is 1. The van der Waals surface area contributed by atoms with Gasteiger partial charge in [0.2, 0.25) is 5.91 Å². The third-order valence-corrected chi connectivity index (χ3v) is 5.54. The second-order valence-electron chi connectivity index (χ2n) is 7.13. The molecule has 26 heavy (non-hydrogen) atoms. The molecule has 0 atom stereocenters. The number of anilines is 1. The predicted octanol–water partition coefficient (Wildman–Crippen LogP) is 4.42. The smallest absolute Gasteiger partial charge is 0.355 e. The van der Waals surface area contributed by atoms with Crippen molar-refractivity contribution in [3.05, 3.63) is 22.8 Å². The van der Waals surface area contributed by atoms with Crippen molar-refractivity contribution in [3.8, 4) is 0 Å². The summed E-state index contributed by atoms with van der Waals surface area (Å²) in [5.74, 6) is 0.651. The van der Waals surface area contributed by atoms with Gasteiger partial charge in [-0.15, -0.1) is 0 Å². The molecule has 2 aliphatic rings. The van der Waals surface area contributed by atoms with Gasteiger partial charge in [-0.2, -0.15) is 13.2 Å². The lowest BCUT2D eigenvalue weighted by Gasteiger charge is -2.34. The summed E-state index contributed by atoms with van der Waals surface area (Å²) in [6, 6.07) is 1.02. The normalized spacial score (nSPS) is 20.2. The van der Waals surface area contributed by atoms with E-state index in [4.69, 9.17) is 11.6 Å².